The van der Waals surface area contributed by atoms with E-state index in [1.165, 1.54) is 0 Å². The maximum atomic E-state index is 12.6. The molecule has 2 fully saturated rings. The van der Waals surface area contributed by atoms with E-state index >= 15 is 0 Å². The third kappa shape index (κ3) is 3.79. The van der Waals surface area contributed by atoms with Crippen LogP contribution in [0.4, 0.5) is 5.95 Å². The van der Waals surface area contributed by atoms with Crippen molar-refractivity contribution in [2.45, 2.75) is 13.8 Å². The fraction of sp³-hybridized carbons (Fsp3) is 0.688. The molecule has 0 aliphatic carbocycles. The zero-order chi connectivity index (χ0) is 16.2. The van der Waals surface area contributed by atoms with E-state index in [2.05, 4.69) is 26.7 Å². The fourth-order valence-electron chi connectivity index (χ4n) is 3.00. The Balaban J connectivity index is 1.75. The second-order valence-corrected chi connectivity index (χ2v) is 6.02. The first-order valence-electron chi connectivity index (χ1n) is 8.37. The average molecular weight is 319 g/mol. The van der Waals surface area contributed by atoms with Crippen LogP contribution in [0.3, 0.4) is 0 Å². The first kappa shape index (κ1) is 16.1. The van der Waals surface area contributed by atoms with Crippen LogP contribution in [0.25, 0.3) is 0 Å². The SMILES string of the molecule is CCN1CCN(c2nc(C)cc(C(=O)N3CCOCC3)n2)CC1. The van der Waals surface area contributed by atoms with E-state index in [0.717, 1.165) is 38.4 Å². The predicted octanol–water partition coefficient (Wildman–Crippen LogP) is 0.399. The Morgan fingerprint density at radius 3 is 2.48 bits per heavy atom. The molecule has 2 aliphatic rings. The summed E-state index contributed by atoms with van der Waals surface area (Å²) in [6.07, 6.45) is 0. The van der Waals surface area contributed by atoms with Gasteiger partial charge in [-0.25, -0.2) is 9.97 Å². The summed E-state index contributed by atoms with van der Waals surface area (Å²) >= 11 is 0. The fourth-order valence-corrected chi connectivity index (χ4v) is 3.00. The van der Waals surface area contributed by atoms with Gasteiger partial charge in [-0.1, -0.05) is 6.92 Å². The summed E-state index contributed by atoms with van der Waals surface area (Å²) < 4.78 is 5.31. The number of hydrogen-bond acceptors (Lipinski definition) is 6. The van der Waals surface area contributed by atoms with Gasteiger partial charge in [-0.2, -0.15) is 0 Å². The Morgan fingerprint density at radius 2 is 1.83 bits per heavy atom. The number of amides is 1. The maximum absolute atomic E-state index is 12.6. The molecule has 1 aromatic rings. The molecule has 7 nitrogen and oxygen atoms in total. The van der Waals surface area contributed by atoms with E-state index < -0.39 is 0 Å². The van der Waals surface area contributed by atoms with E-state index in [1.807, 2.05) is 11.8 Å². The zero-order valence-electron chi connectivity index (χ0n) is 14.0. The number of anilines is 1. The molecule has 23 heavy (non-hydrogen) atoms. The number of ether oxygens (including phenoxy) is 1. The summed E-state index contributed by atoms with van der Waals surface area (Å²) in [5.41, 5.74) is 1.33. The molecule has 0 atom stereocenters. The van der Waals surface area contributed by atoms with Gasteiger partial charge < -0.3 is 19.4 Å². The Labute approximate surface area is 137 Å². The van der Waals surface area contributed by atoms with Gasteiger partial charge in [-0.15, -0.1) is 0 Å². The van der Waals surface area contributed by atoms with E-state index in [-0.39, 0.29) is 5.91 Å². The van der Waals surface area contributed by atoms with Crippen molar-refractivity contribution in [3.8, 4) is 0 Å². The molecule has 0 N–H and O–H groups in total. The van der Waals surface area contributed by atoms with E-state index in [9.17, 15) is 4.79 Å². The molecule has 0 unspecified atom stereocenters. The van der Waals surface area contributed by atoms with Gasteiger partial charge in [0.1, 0.15) is 5.69 Å². The van der Waals surface area contributed by atoms with Crippen molar-refractivity contribution in [2.24, 2.45) is 0 Å². The summed E-state index contributed by atoms with van der Waals surface area (Å²) in [5.74, 6) is 0.657. The number of piperazine rings is 1. The van der Waals surface area contributed by atoms with Gasteiger partial charge in [0, 0.05) is 45.0 Å². The predicted molar refractivity (Wildman–Crippen MR) is 87.8 cm³/mol. The van der Waals surface area contributed by atoms with Crippen molar-refractivity contribution in [2.75, 3.05) is 63.9 Å². The molecule has 0 saturated carbocycles. The minimum atomic E-state index is -0.0211. The number of rotatable bonds is 3. The molecular formula is C16H25N5O2. The van der Waals surface area contributed by atoms with Crippen LogP contribution in [0.2, 0.25) is 0 Å². The molecule has 0 spiro atoms. The highest BCUT2D eigenvalue weighted by atomic mass is 16.5. The third-order valence-electron chi connectivity index (χ3n) is 4.46. The second kappa shape index (κ2) is 7.23. The molecule has 0 aromatic carbocycles. The molecule has 126 valence electrons. The summed E-state index contributed by atoms with van der Waals surface area (Å²) in [7, 11) is 0. The largest absolute Gasteiger partial charge is 0.378 e. The number of morpholine rings is 1. The van der Waals surface area contributed by atoms with Gasteiger partial charge in [0.25, 0.3) is 5.91 Å². The minimum Gasteiger partial charge on any atom is -0.378 e. The van der Waals surface area contributed by atoms with Crippen LogP contribution in [0.5, 0.6) is 0 Å². The molecular weight excluding hydrogens is 294 g/mol. The smallest absolute Gasteiger partial charge is 0.272 e. The Morgan fingerprint density at radius 1 is 1.13 bits per heavy atom. The molecule has 2 aliphatic heterocycles. The number of carbonyl (C=O) groups is 1. The number of carbonyl (C=O) groups excluding carboxylic acids is 1. The molecule has 0 radical (unpaired) electrons. The summed E-state index contributed by atoms with van der Waals surface area (Å²) in [6.45, 7) is 11.5. The summed E-state index contributed by atoms with van der Waals surface area (Å²) in [4.78, 5) is 28.1. The van der Waals surface area contributed by atoms with Crippen molar-refractivity contribution in [1.82, 2.24) is 19.8 Å². The van der Waals surface area contributed by atoms with Gasteiger partial charge in [-0.05, 0) is 19.5 Å². The topological polar surface area (TPSA) is 61.8 Å². The number of nitrogens with zero attached hydrogens (tertiary/aromatic N) is 5. The first-order valence-corrected chi connectivity index (χ1v) is 8.37. The molecule has 3 heterocycles. The monoisotopic (exact) mass is 319 g/mol. The molecule has 1 aromatic heterocycles. The number of aromatic nitrogens is 2. The highest BCUT2D eigenvalue weighted by Crippen LogP contribution is 2.15. The van der Waals surface area contributed by atoms with Crippen LogP contribution < -0.4 is 4.90 Å². The van der Waals surface area contributed by atoms with Gasteiger partial charge in [0.15, 0.2) is 0 Å². The maximum Gasteiger partial charge on any atom is 0.272 e. The highest BCUT2D eigenvalue weighted by Gasteiger charge is 2.23. The Hall–Kier alpha value is -1.73. The standard InChI is InChI=1S/C16H25N5O2/c1-3-19-4-6-21(7-5-19)16-17-13(2)12-14(18-16)15(22)20-8-10-23-11-9-20/h12H,3-11H2,1-2H3. The lowest BCUT2D eigenvalue weighted by atomic mass is 10.2. The highest BCUT2D eigenvalue weighted by molar-refractivity contribution is 5.92. The first-order chi connectivity index (χ1) is 11.2. The lowest BCUT2D eigenvalue weighted by Crippen LogP contribution is -2.47. The average Bonchev–Trinajstić information content (AvgIpc) is 2.61. The molecule has 1 amide bonds. The molecule has 2 saturated heterocycles. The van der Waals surface area contributed by atoms with E-state index in [0.29, 0.717) is 37.9 Å². The van der Waals surface area contributed by atoms with Gasteiger partial charge in [0.2, 0.25) is 5.95 Å². The van der Waals surface area contributed by atoms with E-state index in [4.69, 9.17) is 4.74 Å². The lowest BCUT2D eigenvalue weighted by molar-refractivity contribution is 0.0299. The van der Waals surface area contributed by atoms with Crippen LogP contribution in [0.1, 0.15) is 23.1 Å². The second-order valence-electron chi connectivity index (χ2n) is 6.02. The van der Waals surface area contributed by atoms with Crippen LogP contribution in [0, 0.1) is 6.92 Å². The van der Waals surface area contributed by atoms with Crippen LogP contribution in [0.15, 0.2) is 6.07 Å². The van der Waals surface area contributed by atoms with Crippen molar-refractivity contribution in [1.29, 1.82) is 0 Å². The summed E-state index contributed by atoms with van der Waals surface area (Å²) in [6, 6.07) is 1.78. The van der Waals surface area contributed by atoms with Crippen LogP contribution >= 0.6 is 0 Å². The summed E-state index contributed by atoms with van der Waals surface area (Å²) in [5, 5.41) is 0. The Kier molecular flexibility index (Phi) is 5.07. The molecule has 7 heteroatoms. The van der Waals surface area contributed by atoms with E-state index in [1.54, 1.807) is 6.07 Å². The quantitative estimate of drug-likeness (QED) is 0.804. The van der Waals surface area contributed by atoms with Crippen molar-refractivity contribution in [3.63, 3.8) is 0 Å². The normalized spacial score (nSPS) is 19.9. The lowest BCUT2D eigenvalue weighted by Gasteiger charge is -2.34. The minimum absolute atomic E-state index is 0.0211. The molecule has 0 bridgehead atoms. The third-order valence-corrected chi connectivity index (χ3v) is 4.46. The van der Waals surface area contributed by atoms with Gasteiger partial charge in [0.05, 0.1) is 13.2 Å². The van der Waals surface area contributed by atoms with Gasteiger partial charge >= 0.3 is 0 Å². The van der Waals surface area contributed by atoms with Crippen molar-refractivity contribution < 1.29 is 9.53 Å². The number of hydrogen-bond donors (Lipinski definition) is 0. The van der Waals surface area contributed by atoms with Gasteiger partial charge in [-0.3, -0.25) is 4.79 Å². The zero-order valence-corrected chi connectivity index (χ0v) is 14.0. The number of likely N-dealkylation sites (N-methyl/N-ethyl adjacent to an activating group) is 1. The van der Waals surface area contributed by atoms with Crippen LogP contribution in [-0.2, 0) is 4.74 Å². The number of aryl methyl sites for hydroxylation is 1. The van der Waals surface area contributed by atoms with Crippen LogP contribution in [-0.4, -0.2) is 84.7 Å². The Bertz CT molecular complexity index is 551. The molecule has 3 rings (SSSR count). The van der Waals surface area contributed by atoms with Crippen molar-refractivity contribution in [3.05, 3.63) is 17.5 Å². The van der Waals surface area contributed by atoms with Crippen molar-refractivity contribution >= 4 is 11.9 Å².